The number of unbranched alkanes of at least 4 members (excludes halogenated alkanes) is 5. The van der Waals surface area contributed by atoms with Gasteiger partial charge in [-0.1, -0.05) is 25.7 Å². The molecule has 0 aromatic rings. The van der Waals surface area contributed by atoms with Gasteiger partial charge in [0.2, 0.25) is 0 Å². The van der Waals surface area contributed by atoms with Crippen LogP contribution >= 0.6 is 0 Å². The Morgan fingerprint density at radius 2 is 1.40 bits per heavy atom. The maximum atomic E-state index is 11.7. The van der Waals surface area contributed by atoms with Crippen LogP contribution in [0.3, 0.4) is 0 Å². The minimum Gasteiger partial charge on any atom is -0.550 e. The summed E-state index contributed by atoms with van der Waals surface area (Å²) in [6.07, 6.45) is -1.14. The van der Waals surface area contributed by atoms with E-state index in [1.807, 2.05) is 0 Å². The molecule has 0 fully saturated rings. The Bertz CT molecular complexity index is 178. The number of carboxylic acids is 1. The molecule has 0 amide bonds. The van der Waals surface area contributed by atoms with E-state index < -0.39 is 18.6 Å². The van der Waals surface area contributed by atoms with Gasteiger partial charge in [-0.05, 0) is 19.3 Å². The molecule has 0 N–H and O–H groups in total. The molecule has 0 unspecified atom stereocenters. The molecule has 0 bridgehead atoms. The number of hydrogen-bond acceptors (Lipinski definition) is 2. The van der Waals surface area contributed by atoms with Crippen LogP contribution in [0.1, 0.15) is 51.4 Å². The van der Waals surface area contributed by atoms with Crippen LogP contribution in [-0.2, 0) is 4.79 Å². The predicted molar refractivity (Wildman–Crippen MR) is 48.0 cm³/mol. The molecule has 0 radical (unpaired) electrons. The second-order valence-electron chi connectivity index (χ2n) is 3.61. The number of carbonyl (C=O) groups excluding carboxylic acids is 1. The van der Waals surface area contributed by atoms with Crippen molar-refractivity contribution in [3.63, 3.8) is 0 Å². The van der Waals surface area contributed by atoms with Crippen molar-refractivity contribution in [2.75, 3.05) is 0 Å². The summed E-state index contributed by atoms with van der Waals surface area (Å²) in [5.74, 6) is -1.06. The number of rotatable bonds is 8. The second kappa shape index (κ2) is 7.54. The molecule has 0 aliphatic carbocycles. The number of hydrogen-bond donors (Lipinski definition) is 0. The summed E-state index contributed by atoms with van der Waals surface area (Å²) in [4.78, 5) is 10.0. The SMILES string of the molecule is O=C([O-])CCCCCCCCC(F)(F)F. The maximum Gasteiger partial charge on any atom is 0.389 e. The Hall–Kier alpha value is -0.740. The molecule has 0 rings (SSSR count). The molecular formula is C10H16F3O2-. The van der Waals surface area contributed by atoms with Crippen LogP contribution in [0, 0.1) is 0 Å². The average molecular weight is 225 g/mol. The van der Waals surface area contributed by atoms with Crippen LogP contribution in [0.25, 0.3) is 0 Å². The maximum absolute atomic E-state index is 11.7. The van der Waals surface area contributed by atoms with Crippen LogP contribution in [0.15, 0.2) is 0 Å². The average Bonchev–Trinajstić information content (AvgIpc) is 2.07. The molecule has 0 aromatic heterocycles. The summed E-state index contributed by atoms with van der Waals surface area (Å²) in [6, 6.07) is 0. The van der Waals surface area contributed by atoms with Crippen molar-refractivity contribution >= 4 is 5.97 Å². The van der Waals surface area contributed by atoms with E-state index in [-0.39, 0.29) is 12.8 Å². The number of halogens is 3. The zero-order valence-electron chi connectivity index (χ0n) is 8.61. The van der Waals surface area contributed by atoms with Gasteiger partial charge in [0, 0.05) is 12.4 Å². The fraction of sp³-hybridized carbons (Fsp3) is 0.900. The molecule has 0 heterocycles. The minimum atomic E-state index is -4.05. The lowest BCUT2D eigenvalue weighted by Gasteiger charge is -2.05. The van der Waals surface area contributed by atoms with E-state index in [1.165, 1.54) is 0 Å². The number of alkyl halides is 3. The first-order chi connectivity index (χ1) is 6.92. The number of carbonyl (C=O) groups is 1. The molecule has 0 aliphatic heterocycles. The molecule has 0 aliphatic rings. The van der Waals surface area contributed by atoms with Gasteiger partial charge >= 0.3 is 6.18 Å². The molecule has 0 saturated carbocycles. The first kappa shape index (κ1) is 14.3. The van der Waals surface area contributed by atoms with Crippen molar-refractivity contribution < 1.29 is 23.1 Å². The van der Waals surface area contributed by atoms with Crippen LogP contribution < -0.4 is 5.11 Å². The van der Waals surface area contributed by atoms with Crippen molar-refractivity contribution in [3.05, 3.63) is 0 Å². The molecule has 15 heavy (non-hydrogen) atoms. The first-order valence-electron chi connectivity index (χ1n) is 5.18. The topological polar surface area (TPSA) is 40.1 Å². The zero-order valence-corrected chi connectivity index (χ0v) is 8.61. The van der Waals surface area contributed by atoms with Gasteiger partial charge in [0.05, 0.1) is 0 Å². The summed E-state index contributed by atoms with van der Waals surface area (Å²) in [5.41, 5.74) is 0. The van der Waals surface area contributed by atoms with Crippen molar-refractivity contribution in [2.24, 2.45) is 0 Å². The smallest absolute Gasteiger partial charge is 0.389 e. The van der Waals surface area contributed by atoms with E-state index >= 15 is 0 Å². The van der Waals surface area contributed by atoms with E-state index in [9.17, 15) is 23.1 Å². The first-order valence-corrected chi connectivity index (χ1v) is 5.18. The highest BCUT2D eigenvalue weighted by Gasteiger charge is 2.25. The summed E-state index contributed by atoms with van der Waals surface area (Å²) < 4.78 is 35.1. The van der Waals surface area contributed by atoms with Gasteiger partial charge in [-0.15, -0.1) is 0 Å². The third-order valence-corrected chi connectivity index (χ3v) is 2.09. The quantitative estimate of drug-likeness (QED) is 0.595. The highest BCUT2D eigenvalue weighted by atomic mass is 19.4. The lowest BCUT2D eigenvalue weighted by Crippen LogP contribution is -2.21. The van der Waals surface area contributed by atoms with Gasteiger partial charge in [0.25, 0.3) is 0 Å². The largest absolute Gasteiger partial charge is 0.550 e. The van der Waals surface area contributed by atoms with E-state index in [0.29, 0.717) is 12.8 Å². The number of carboxylic acid groups (broad SMARTS) is 1. The Morgan fingerprint density at radius 3 is 1.87 bits per heavy atom. The summed E-state index contributed by atoms with van der Waals surface area (Å²) in [6.45, 7) is 0. The lowest BCUT2D eigenvalue weighted by molar-refractivity contribution is -0.305. The molecule has 0 atom stereocenters. The van der Waals surface area contributed by atoms with Gasteiger partial charge in [-0.2, -0.15) is 13.2 Å². The van der Waals surface area contributed by atoms with Gasteiger partial charge in [0.1, 0.15) is 0 Å². The molecule has 5 heteroatoms. The van der Waals surface area contributed by atoms with Crippen LogP contribution in [-0.4, -0.2) is 12.1 Å². The summed E-state index contributed by atoms with van der Waals surface area (Å²) in [5, 5.41) is 10.0. The highest BCUT2D eigenvalue weighted by molar-refractivity contribution is 5.63. The van der Waals surface area contributed by atoms with Crippen molar-refractivity contribution in [1.82, 2.24) is 0 Å². The van der Waals surface area contributed by atoms with E-state index in [2.05, 4.69) is 0 Å². The normalized spacial score (nSPS) is 11.7. The Kier molecular flexibility index (Phi) is 7.17. The van der Waals surface area contributed by atoms with E-state index in [0.717, 1.165) is 19.3 Å². The Balaban J connectivity index is 3.09. The Labute approximate surface area is 87.5 Å². The standard InChI is InChI=1S/C10H17F3O2/c11-10(12,13)8-6-4-2-1-3-5-7-9(14)15/h1-8H2,(H,14,15)/p-1. The monoisotopic (exact) mass is 225 g/mol. The molecular weight excluding hydrogens is 209 g/mol. The molecule has 0 saturated heterocycles. The third-order valence-electron chi connectivity index (χ3n) is 2.09. The molecule has 0 aromatic carbocycles. The van der Waals surface area contributed by atoms with Gasteiger partial charge < -0.3 is 9.90 Å². The summed E-state index contributed by atoms with van der Waals surface area (Å²) >= 11 is 0. The van der Waals surface area contributed by atoms with E-state index in [1.54, 1.807) is 0 Å². The van der Waals surface area contributed by atoms with Gasteiger partial charge in [-0.25, -0.2) is 0 Å². The van der Waals surface area contributed by atoms with Crippen LogP contribution in [0.5, 0.6) is 0 Å². The predicted octanol–water partition coefficient (Wildman–Crippen LogP) is 2.42. The van der Waals surface area contributed by atoms with Crippen molar-refractivity contribution in [1.29, 1.82) is 0 Å². The number of aliphatic carboxylic acids is 1. The second-order valence-corrected chi connectivity index (χ2v) is 3.61. The molecule has 90 valence electrons. The zero-order chi connectivity index (χ0) is 11.7. The van der Waals surface area contributed by atoms with Crippen molar-refractivity contribution in [3.8, 4) is 0 Å². The summed E-state index contributed by atoms with van der Waals surface area (Å²) in [7, 11) is 0. The fourth-order valence-electron chi connectivity index (χ4n) is 1.30. The van der Waals surface area contributed by atoms with Crippen LogP contribution in [0.4, 0.5) is 13.2 Å². The van der Waals surface area contributed by atoms with Gasteiger partial charge in [-0.3, -0.25) is 0 Å². The van der Waals surface area contributed by atoms with E-state index in [4.69, 9.17) is 0 Å². The fourth-order valence-corrected chi connectivity index (χ4v) is 1.30. The van der Waals surface area contributed by atoms with Gasteiger partial charge in [0.15, 0.2) is 0 Å². The highest BCUT2D eigenvalue weighted by Crippen LogP contribution is 2.23. The molecule has 0 spiro atoms. The van der Waals surface area contributed by atoms with Crippen LogP contribution in [0.2, 0.25) is 0 Å². The minimum absolute atomic E-state index is 0.0442. The van der Waals surface area contributed by atoms with Crippen molar-refractivity contribution in [2.45, 2.75) is 57.5 Å². The Morgan fingerprint density at radius 1 is 0.933 bits per heavy atom. The lowest BCUT2D eigenvalue weighted by atomic mass is 10.1. The third kappa shape index (κ3) is 13.3. The molecule has 2 nitrogen and oxygen atoms in total.